The summed E-state index contributed by atoms with van der Waals surface area (Å²) in [6.45, 7) is 0.278. The summed E-state index contributed by atoms with van der Waals surface area (Å²) in [4.78, 5) is 40.2. The van der Waals surface area contributed by atoms with Crippen LogP contribution in [0.15, 0.2) is 53.8 Å². The molecular weight excluding hydrogens is 437 g/mol. The molecule has 0 fully saturated rings. The number of H-pyrrole nitrogens is 1. The van der Waals surface area contributed by atoms with Gasteiger partial charge in [0.1, 0.15) is 23.2 Å². The smallest absolute Gasteiger partial charge is 0.294 e. The lowest BCUT2D eigenvalue weighted by molar-refractivity contribution is -0.121. The third-order valence-electron chi connectivity index (χ3n) is 4.73. The van der Waals surface area contributed by atoms with E-state index in [0.29, 0.717) is 29.6 Å². The Morgan fingerprint density at radius 1 is 1.22 bits per heavy atom. The van der Waals surface area contributed by atoms with E-state index in [4.69, 9.17) is 11.6 Å². The Morgan fingerprint density at radius 2 is 2.09 bits per heavy atom. The van der Waals surface area contributed by atoms with Crippen LogP contribution in [0.1, 0.15) is 11.3 Å². The lowest BCUT2D eigenvalue weighted by Gasteiger charge is -2.11. The van der Waals surface area contributed by atoms with E-state index in [9.17, 15) is 14.0 Å². The summed E-state index contributed by atoms with van der Waals surface area (Å²) in [5.41, 5.74) is 1.41. The number of hydrogen-bond acceptors (Lipinski definition) is 6. The van der Waals surface area contributed by atoms with Crippen molar-refractivity contribution in [1.29, 1.82) is 0 Å². The molecule has 4 rings (SSSR count). The molecule has 0 radical (unpaired) electrons. The van der Waals surface area contributed by atoms with Crippen LogP contribution in [0.4, 0.5) is 10.2 Å². The van der Waals surface area contributed by atoms with E-state index in [1.165, 1.54) is 18.6 Å². The minimum absolute atomic E-state index is 0.0397. The maximum Gasteiger partial charge on any atom is 0.294 e. The van der Waals surface area contributed by atoms with Crippen molar-refractivity contribution in [2.45, 2.75) is 19.5 Å². The molecule has 0 aliphatic heterocycles. The number of nitrogens with zero attached hydrogens (tertiary/aromatic N) is 4. The Hall–Kier alpha value is -3.79. The molecule has 0 unspecified atom stereocenters. The Kier molecular flexibility index (Phi) is 6.41. The van der Waals surface area contributed by atoms with Crippen molar-refractivity contribution >= 4 is 34.4 Å². The second-order valence-electron chi connectivity index (χ2n) is 6.97. The Balaban J connectivity index is 1.37. The highest BCUT2D eigenvalue weighted by Gasteiger charge is 2.13. The number of amides is 1. The molecule has 0 spiro atoms. The summed E-state index contributed by atoms with van der Waals surface area (Å²) in [5, 5.41) is 6.02. The van der Waals surface area contributed by atoms with E-state index >= 15 is 0 Å². The van der Waals surface area contributed by atoms with Gasteiger partial charge in [-0.3, -0.25) is 19.1 Å². The van der Waals surface area contributed by atoms with E-state index in [2.05, 4.69) is 30.6 Å². The second kappa shape index (κ2) is 9.56. The molecule has 1 amide bonds. The van der Waals surface area contributed by atoms with E-state index in [1.807, 2.05) is 18.2 Å². The van der Waals surface area contributed by atoms with E-state index in [-0.39, 0.29) is 24.1 Å². The molecule has 32 heavy (non-hydrogen) atoms. The molecule has 0 saturated carbocycles. The number of hydrogen-bond donors (Lipinski definition) is 3. The zero-order chi connectivity index (χ0) is 22.5. The predicted octanol–water partition coefficient (Wildman–Crippen LogP) is 2.28. The van der Waals surface area contributed by atoms with Crippen LogP contribution in [0.5, 0.6) is 0 Å². The van der Waals surface area contributed by atoms with Gasteiger partial charge in [0.2, 0.25) is 5.91 Å². The van der Waals surface area contributed by atoms with E-state index in [1.54, 1.807) is 12.3 Å². The monoisotopic (exact) mass is 455 g/mol. The van der Waals surface area contributed by atoms with Crippen LogP contribution in [0.25, 0.3) is 11.0 Å². The number of aromatic amines is 1. The first kappa shape index (κ1) is 21.4. The average molecular weight is 456 g/mol. The van der Waals surface area contributed by atoms with Gasteiger partial charge >= 0.3 is 0 Å². The van der Waals surface area contributed by atoms with Crippen molar-refractivity contribution in [3.63, 3.8) is 0 Å². The Bertz CT molecular complexity index is 1310. The molecule has 0 atom stereocenters. The summed E-state index contributed by atoms with van der Waals surface area (Å²) in [6, 6.07) is 7.20. The molecule has 0 aliphatic carbocycles. The van der Waals surface area contributed by atoms with Crippen LogP contribution < -0.4 is 16.2 Å². The van der Waals surface area contributed by atoms with Gasteiger partial charge in [-0.2, -0.15) is 0 Å². The lowest BCUT2D eigenvalue weighted by atomic mass is 10.2. The van der Waals surface area contributed by atoms with Crippen LogP contribution >= 0.6 is 11.6 Å². The fraction of sp³-hybridized carbons (Fsp3) is 0.190. The maximum atomic E-state index is 13.7. The van der Waals surface area contributed by atoms with Crippen LogP contribution in [0, 0.1) is 5.82 Å². The molecular formula is C21H19ClFN7O2. The van der Waals surface area contributed by atoms with Gasteiger partial charge < -0.3 is 15.6 Å². The molecule has 0 saturated heterocycles. The van der Waals surface area contributed by atoms with Crippen LogP contribution in [0.3, 0.4) is 0 Å². The first-order valence-corrected chi connectivity index (χ1v) is 10.2. The summed E-state index contributed by atoms with van der Waals surface area (Å²) in [5.74, 6) is -0.760. The lowest BCUT2D eigenvalue weighted by Crippen LogP contribution is -2.34. The fourth-order valence-electron chi connectivity index (χ4n) is 3.10. The molecule has 0 aromatic carbocycles. The van der Waals surface area contributed by atoms with Gasteiger partial charge in [0.05, 0.1) is 11.6 Å². The maximum absolute atomic E-state index is 13.7. The largest absolute Gasteiger partial charge is 0.365 e. The first-order valence-electron chi connectivity index (χ1n) is 9.78. The summed E-state index contributed by atoms with van der Waals surface area (Å²) in [6.07, 6.45) is 6.37. The Morgan fingerprint density at radius 3 is 2.91 bits per heavy atom. The molecule has 4 heterocycles. The number of pyridine rings is 2. The van der Waals surface area contributed by atoms with Gasteiger partial charge in [-0.05, 0) is 23.8 Å². The zero-order valence-electron chi connectivity index (χ0n) is 16.8. The van der Waals surface area contributed by atoms with Gasteiger partial charge in [0.15, 0.2) is 5.82 Å². The highest BCUT2D eigenvalue weighted by Crippen LogP contribution is 2.16. The molecule has 3 N–H and O–H groups in total. The number of carbonyl (C=O) groups excluding carboxylic acids is 1. The fourth-order valence-corrected chi connectivity index (χ4v) is 3.29. The Labute approximate surface area is 186 Å². The normalized spacial score (nSPS) is 10.9. The minimum atomic E-state index is -0.508. The topological polar surface area (TPSA) is 118 Å². The molecule has 4 aromatic heterocycles. The van der Waals surface area contributed by atoms with Crippen molar-refractivity contribution in [1.82, 2.24) is 29.8 Å². The molecule has 0 aliphatic rings. The van der Waals surface area contributed by atoms with Crippen molar-refractivity contribution in [2.75, 3.05) is 11.9 Å². The highest BCUT2D eigenvalue weighted by molar-refractivity contribution is 6.29. The summed E-state index contributed by atoms with van der Waals surface area (Å²) in [7, 11) is 0. The van der Waals surface area contributed by atoms with Gasteiger partial charge in [0, 0.05) is 43.8 Å². The van der Waals surface area contributed by atoms with Crippen molar-refractivity contribution in [2.24, 2.45) is 0 Å². The SMILES string of the molecule is O=C(Cn1c(Cl)cnc(NCCc2ccccn2)c1=O)NCc1cnc2[nH]cc(F)c2c1. The number of aromatic nitrogens is 5. The average Bonchev–Trinajstić information content (AvgIpc) is 3.17. The third kappa shape index (κ3) is 4.92. The van der Waals surface area contributed by atoms with Gasteiger partial charge in [-0.15, -0.1) is 0 Å². The molecule has 11 heteroatoms. The standard InChI is InChI=1S/C21H19ClFN7O2/c22-17-11-29-20(25-6-4-14-3-1-2-5-24-14)21(32)30(17)12-18(31)26-8-13-7-15-16(23)10-28-19(15)27-9-13/h1-3,5,7,9-11H,4,6,8,12H2,(H,25,29)(H,26,31)(H,27,28). The minimum Gasteiger partial charge on any atom is -0.365 e. The first-order chi connectivity index (χ1) is 15.5. The number of nitrogens with one attached hydrogen (secondary N) is 3. The zero-order valence-corrected chi connectivity index (χ0v) is 17.6. The van der Waals surface area contributed by atoms with E-state index in [0.717, 1.165) is 10.3 Å². The van der Waals surface area contributed by atoms with E-state index < -0.39 is 17.3 Å². The highest BCUT2D eigenvalue weighted by atomic mass is 35.5. The number of carbonyl (C=O) groups is 1. The second-order valence-corrected chi connectivity index (χ2v) is 7.36. The number of halogens is 2. The molecule has 0 bridgehead atoms. The van der Waals surface area contributed by atoms with Gasteiger partial charge in [-0.25, -0.2) is 14.4 Å². The van der Waals surface area contributed by atoms with Crippen molar-refractivity contribution in [3.05, 3.63) is 81.6 Å². The number of rotatable bonds is 8. The third-order valence-corrected chi connectivity index (χ3v) is 5.04. The van der Waals surface area contributed by atoms with Crippen LogP contribution in [-0.2, 0) is 24.3 Å². The molecule has 164 valence electrons. The quantitative estimate of drug-likeness (QED) is 0.375. The molecule has 9 nitrogen and oxygen atoms in total. The predicted molar refractivity (Wildman–Crippen MR) is 118 cm³/mol. The number of anilines is 1. The van der Waals surface area contributed by atoms with Crippen molar-refractivity contribution < 1.29 is 9.18 Å². The van der Waals surface area contributed by atoms with Gasteiger partial charge in [0.25, 0.3) is 5.56 Å². The van der Waals surface area contributed by atoms with Crippen molar-refractivity contribution in [3.8, 4) is 0 Å². The summed E-state index contributed by atoms with van der Waals surface area (Å²) < 4.78 is 14.8. The summed E-state index contributed by atoms with van der Waals surface area (Å²) >= 11 is 6.09. The molecule has 4 aromatic rings. The van der Waals surface area contributed by atoms with Crippen LogP contribution in [0.2, 0.25) is 5.15 Å². The van der Waals surface area contributed by atoms with Gasteiger partial charge in [-0.1, -0.05) is 17.7 Å². The number of fused-ring (bicyclic) bond motifs is 1. The van der Waals surface area contributed by atoms with Crippen LogP contribution in [-0.4, -0.2) is 37.0 Å².